The molecule has 0 aliphatic rings. The molecule has 0 heterocycles. The van der Waals surface area contributed by atoms with Crippen molar-refractivity contribution in [1.82, 2.24) is 0 Å². The molecule has 0 radical (unpaired) electrons. The van der Waals surface area contributed by atoms with Crippen LogP contribution in [0.25, 0.3) is 0 Å². The summed E-state index contributed by atoms with van der Waals surface area (Å²) in [5.74, 6) is 0. The third-order valence-electron chi connectivity index (χ3n) is 2.81. The number of aliphatic hydroxyl groups excluding tert-OH is 1. The standard InChI is InChI=1S/C14H9BrF3IO/c15-12-6-5-10(19)7-11(12)13(20)8-1-3-9(4-2-8)14(16,17)18/h1-7,13,20H. The monoisotopic (exact) mass is 456 g/mol. The zero-order valence-corrected chi connectivity index (χ0v) is 13.7. The first-order valence-corrected chi connectivity index (χ1v) is 7.46. The minimum atomic E-state index is -4.37. The second-order valence-corrected chi connectivity index (χ2v) is 6.29. The fraction of sp³-hybridized carbons (Fsp3) is 0.143. The van der Waals surface area contributed by atoms with Crippen molar-refractivity contribution in [2.24, 2.45) is 0 Å². The van der Waals surface area contributed by atoms with Crippen LogP contribution < -0.4 is 0 Å². The van der Waals surface area contributed by atoms with Crippen LogP contribution in [0.2, 0.25) is 0 Å². The van der Waals surface area contributed by atoms with Gasteiger partial charge >= 0.3 is 6.18 Å². The van der Waals surface area contributed by atoms with Gasteiger partial charge in [-0.15, -0.1) is 0 Å². The van der Waals surface area contributed by atoms with Crippen molar-refractivity contribution in [1.29, 1.82) is 0 Å². The van der Waals surface area contributed by atoms with Crippen molar-refractivity contribution in [3.8, 4) is 0 Å². The van der Waals surface area contributed by atoms with E-state index in [0.717, 1.165) is 15.7 Å². The predicted octanol–water partition coefficient (Wildman–Crippen LogP) is 5.15. The van der Waals surface area contributed by atoms with Crippen molar-refractivity contribution in [2.45, 2.75) is 12.3 Å². The molecule has 106 valence electrons. The van der Waals surface area contributed by atoms with Crippen molar-refractivity contribution in [3.63, 3.8) is 0 Å². The quantitative estimate of drug-likeness (QED) is 0.619. The van der Waals surface area contributed by atoms with E-state index in [0.29, 0.717) is 15.6 Å². The lowest BCUT2D eigenvalue weighted by molar-refractivity contribution is -0.137. The summed E-state index contributed by atoms with van der Waals surface area (Å²) in [4.78, 5) is 0. The molecule has 0 saturated carbocycles. The highest BCUT2D eigenvalue weighted by Gasteiger charge is 2.30. The molecular formula is C14H9BrF3IO. The van der Waals surface area contributed by atoms with Crippen LogP contribution in [0.5, 0.6) is 0 Å². The lowest BCUT2D eigenvalue weighted by Crippen LogP contribution is -2.06. The molecule has 2 aromatic carbocycles. The van der Waals surface area contributed by atoms with Gasteiger partial charge in [0.15, 0.2) is 0 Å². The highest BCUT2D eigenvalue weighted by molar-refractivity contribution is 14.1. The Morgan fingerprint density at radius 3 is 2.20 bits per heavy atom. The number of rotatable bonds is 2. The first-order chi connectivity index (χ1) is 9.29. The van der Waals surface area contributed by atoms with E-state index in [4.69, 9.17) is 0 Å². The molecule has 1 N–H and O–H groups in total. The molecule has 0 aromatic heterocycles. The maximum Gasteiger partial charge on any atom is 0.416 e. The van der Waals surface area contributed by atoms with E-state index in [9.17, 15) is 18.3 Å². The molecule has 0 bridgehead atoms. The molecule has 0 fully saturated rings. The van der Waals surface area contributed by atoms with E-state index in [-0.39, 0.29) is 0 Å². The van der Waals surface area contributed by atoms with Gasteiger partial charge in [-0.25, -0.2) is 0 Å². The van der Waals surface area contributed by atoms with Crippen LogP contribution in [0.4, 0.5) is 13.2 Å². The van der Waals surface area contributed by atoms with E-state index in [2.05, 4.69) is 38.5 Å². The molecule has 0 spiro atoms. The minimum absolute atomic E-state index is 0.417. The molecule has 2 aromatic rings. The molecular weight excluding hydrogens is 448 g/mol. The Morgan fingerprint density at radius 2 is 1.65 bits per heavy atom. The van der Waals surface area contributed by atoms with Gasteiger partial charge in [-0.2, -0.15) is 13.2 Å². The average molecular weight is 457 g/mol. The van der Waals surface area contributed by atoms with Crippen molar-refractivity contribution in [3.05, 3.63) is 67.2 Å². The van der Waals surface area contributed by atoms with E-state index >= 15 is 0 Å². The first kappa shape index (κ1) is 15.8. The summed E-state index contributed by atoms with van der Waals surface area (Å²) in [5, 5.41) is 10.3. The van der Waals surface area contributed by atoms with Crippen LogP contribution >= 0.6 is 38.5 Å². The second kappa shape index (κ2) is 6.03. The fourth-order valence-corrected chi connectivity index (χ4v) is 2.74. The van der Waals surface area contributed by atoms with Crippen LogP contribution in [0.15, 0.2) is 46.9 Å². The van der Waals surface area contributed by atoms with Gasteiger partial charge < -0.3 is 5.11 Å². The third-order valence-corrected chi connectivity index (χ3v) is 4.20. The van der Waals surface area contributed by atoms with E-state index in [1.165, 1.54) is 12.1 Å². The van der Waals surface area contributed by atoms with Gasteiger partial charge in [0.05, 0.1) is 5.56 Å². The molecule has 1 nitrogen and oxygen atoms in total. The van der Waals surface area contributed by atoms with Gasteiger partial charge in [0, 0.05) is 13.6 Å². The van der Waals surface area contributed by atoms with Crippen molar-refractivity contribution < 1.29 is 18.3 Å². The first-order valence-electron chi connectivity index (χ1n) is 5.59. The summed E-state index contributed by atoms with van der Waals surface area (Å²) in [6.07, 6.45) is -5.34. The average Bonchev–Trinajstić information content (AvgIpc) is 2.40. The van der Waals surface area contributed by atoms with Crippen LogP contribution in [-0.4, -0.2) is 5.11 Å². The Balaban J connectivity index is 2.34. The van der Waals surface area contributed by atoms with E-state index < -0.39 is 17.8 Å². The Bertz CT molecular complexity index is 611. The maximum atomic E-state index is 12.5. The second-order valence-electron chi connectivity index (χ2n) is 4.19. The van der Waals surface area contributed by atoms with Crippen molar-refractivity contribution >= 4 is 38.5 Å². The third kappa shape index (κ3) is 3.53. The summed E-state index contributed by atoms with van der Waals surface area (Å²) in [5.41, 5.74) is 0.313. The van der Waals surface area contributed by atoms with Crippen molar-refractivity contribution in [2.75, 3.05) is 0 Å². The number of halogens is 5. The number of benzene rings is 2. The summed E-state index contributed by atoms with van der Waals surface area (Å²) in [6.45, 7) is 0. The van der Waals surface area contributed by atoms with Crippen LogP contribution in [0.3, 0.4) is 0 Å². The highest BCUT2D eigenvalue weighted by Crippen LogP contribution is 2.33. The fourth-order valence-electron chi connectivity index (χ4n) is 1.76. The SMILES string of the molecule is OC(c1ccc(C(F)(F)F)cc1)c1cc(I)ccc1Br. The number of hydrogen-bond donors (Lipinski definition) is 1. The highest BCUT2D eigenvalue weighted by atomic mass is 127. The van der Waals surface area contributed by atoms with Gasteiger partial charge in [0.2, 0.25) is 0 Å². The molecule has 0 saturated heterocycles. The Hall–Kier alpha value is -0.600. The van der Waals surface area contributed by atoms with Gasteiger partial charge in [0.25, 0.3) is 0 Å². The lowest BCUT2D eigenvalue weighted by atomic mass is 10.0. The summed E-state index contributed by atoms with van der Waals surface area (Å²) in [7, 11) is 0. The van der Waals surface area contributed by atoms with E-state index in [1.54, 1.807) is 12.1 Å². The molecule has 1 atom stereocenters. The Labute approximate surface area is 136 Å². The molecule has 1 unspecified atom stereocenters. The van der Waals surface area contributed by atoms with Gasteiger partial charge in [-0.05, 0) is 58.5 Å². The number of hydrogen-bond acceptors (Lipinski definition) is 1. The lowest BCUT2D eigenvalue weighted by Gasteiger charge is -2.15. The summed E-state index contributed by atoms with van der Waals surface area (Å²) in [6, 6.07) is 9.98. The largest absolute Gasteiger partial charge is 0.416 e. The topological polar surface area (TPSA) is 20.2 Å². The molecule has 0 aliphatic heterocycles. The number of alkyl halides is 3. The minimum Gasteiger partial charge on any atom is -0.384 e. The number of aliphatic hydroxyl groups is 1. The summed E-state index contributed by atoms with van der Waals surface area (Å²) < 4.78 is 39.1. The normalized spacial score (nSPS) is 13.3. The Kier molecular flexibility index (Phi) is 4.76. The molecule has 0 amide bonds. The van der Waals surface area contributed by atoms with Gasteiger partial charge in [-0.3, -0.25) is 0 Å². The van der Waals surface area contributed by atoms with Crippen LogP contribution in [0, 0.1) is 3.57 Å². The summed E-state index contributed by atoms with van der Waals surface area (Å²) >= 11 is 5.44. The van der Waals surface area contributed by atoms with Crippen LogP contribution in [0.1, 0.15) is 22.8 Å². The van der Waals surface area contributed by atoms with E-state index in [1.807, 2.05) is 6.07 Å². The van der Waals surface area contributed by atoms with Crippen LogP contribution in [-0.2, 0) is 6.18 Å². The van der Waals surface area contributed by atoms with Gasteiger partial charge in [-0.1, -0.05) is 28.1 Å². The Morgan fingerprint density at radius 1 is 1.05 bits per heavy atom. The zero-order valence-electron chi connectivity index (χ0n) is 9.96. The molecule has 20 heavy (non-hydrogen) atoms. The predicted molar refractivity (Wildman–Crippen MR) is 82.4 cm³/mol. The smallest absolute Gasteiger partial charge is 0.384 e. The van der Waals surface area contributed by atoms with Gasteiger partial charge in [0.1, 0.15) is 6.10 Å². The molecule has 0 aliphatic carbocycles. The molecule has 6 heteroatoms. The molecule has 2 rings (SSSR count). The maximum absolute atomic E-state index is 12.5. The zero-order chi connectivity index (χ0) is 14.9.